The molecule has 0 unspecified atom stereocenters. The summed E-state index contributed by atoms with van der Waals surface area (Å²) in [5.74, 6) is 0.0481. The number of carbonyl (C=O) groups excluding carboxylic acids is 1. The largest absolute Gasteiger partial charge is 0.425 e. The van der Waals surface area contributed by atoms with E-state index in [1.54, 1.807) is 154 Å². The Morgan fingerprint density at radius 1 is 0.706 bits per heavy atom. The van der Waals surface area contributed by atoms with E-state index in [-0.39, 0.29) is 43.2 Å². The number of aliphatic hydroxyl groups is 1. The Kier molecular flexibility index (Phi) is 47.1. The molecule has 3 aliphatic heterocycles. The Morgan fingerprint density at radius 3 is 1.52 bits per heavy atom. The van der Waals surface area contributed by atoms with Gasteiger partial charge in [-0.3, -0.25) is 24.0 Å². The highest BCUT2D eigenvalue weighted by molar-refractivity contribution is 8.79. The normalized spacial score (nSPS) is 18.1. The second-order valence-electron chi connectivity index (χ2n) is 15.2. The third-order valence-electron chi connectivity index (χ3n) is 9.02. The first-order valence-corrected chi connectivity index (χ1v) is 61.1. The minimum Gasteiger partial charge on any atom is -0.396 e. The highest BCUT2D eigenvalue weighted by Gasteiger charge is 2.48. The van der Waals surface area contributed by atoms with Crippen LogP contribution in [0.25, 0.3) is 0 Å². The minimum atomic E-state index is -4.31. The maximum Gasteiger partial charge on any atom is 0.425 e. The summed E-state index contributed by atoms with van der Waals surface area (Å²) in [5, 5.41) is 35.3. The smallest absolute Gasteiger partial charge is 0.396 e. The molecule has 3 aliphatic rings. The van der Waals surface area contributed by atoms with Crippen LogP contribution in [0.1, 0.15) is 82.5 Å². The molecule has 1 amide bonds. The number of carbonyl (C=O) groups is 1. The van der Waals surface area contributed by atoms with Gasteiger partial charge in [-0.1, -0.05) is 10.4 Å². The first kappa shape index (κ1) is 83.9. The van der Waals surface area contributed by atoms with E-state index >= 15 is 0 Å². The number of rotatable bonds is 4. The average molecular weight is 1790 g/mol. The zero-order valence-corrected chi connectivity index (χ0v) is 68.8. The van der Waals surface area contributed by atoms with Crippen LogP contribution in [0.3, 0.4) is 0 Å². The number of hydrogen-bond donors (Lipinski definition) is 5. The molecule has 0 saturated carbocycles. The number of nitrogens with one attached hydrogen (secondary N) is 3. The number of aryl methyl sites for hydroxylation is 2. The fourth-order valence-corrected chi connectivity index (χ4v) is 69.0. The monoisotopic (exact) mass is 1790 g/mol. The minimum absolute atomic E-state index is 0.0481. The average Bonchev–Trinajstić information content (AvgIpc) is 1.86. The van der Waals surface area contributed by atoms with Gasteiger partial charge < -0.3 is 20.5 Å². The Labute approximate surface area is 584 Å². The molecule has 2 saturated heterocycles. The van der Waals surface area contributed by atoms with Gasteiger partial charge in [-0.15, -0.1) is 32.9 Å². The molecule has 0 bridgehead atoms. The van der Waals surface area contributed by atoms with Gasteiger partial charge in [0.05, 0.1) is 30.8 Å². The summed E-state index contributed by atoms with van der Waals surface area (Å²) in [6, 6.07) is 2.55. The lowest BCUT2D eigenvalue weighted by molar-refractivity contribution is -0.135. The maximum atomic E-state index is 13.2. The highest BCUT2D eigenvalue weighted by atomic mass is 33.5. The summed E-state index contributed by atoms with van der Waals surface area (Å²) in [7, 11) is 42.6. The molecule has 2 fully saturated rings. The number of hydrogen-bond acceptors (Lipinski definition) is 17. The van der Waals surface area contributed by atoms with Crippen molar-refractivity contribution in [2.24, 2.45) is 14.1 Å². The number of halogens is 6. The van der Waals surface area contributed by atoms with Crippen molar-refractivity contribution >= 4 is 305 Å². The van der Waals surface area contributed by atoms with Crippen molar-refractivity contribution in [1.29, 1.82) is 0 Å². The lowest BCUT2D eigenvalue weighted by atomic mass is 9.79. The quantitative estimate of drug-likeness (QED) is 0.144. The third-order valence-corrected chi connectivity index (χ3v) is 62.6. The second-order valence-corrected chi connectivity index (χ2v) is 62.9. The van der Waals surface area contributed by atoms with Crippen molar-refractivity contribution in [3.05, 3.63) is 67.1 Å². The van der Waals surface area contributed by atoms with Crippen molar-refractivity contribution in [2.75, 3.05) is 19.5 Å². The van der Waals surface area contributed by atoms with Crippen LogP contribution in [0.5, 0.6) is 0 Å². The molecule has 0 aliphatic carbocycles. The number of piperidine rings is 1. The van der Waals surface area contributed by atoms with E-state index in [0.29, 0.717) is 55.4 Å². The zero-order valence-electron chi connectivity index (χ0n) is 42.7. The van der Waals surface area contributed by atoms with Gasteiger partial charge >= 0.3 is 12.4 Å². The van der Waals surface area contributed by atoms with E-state index in [1.807, 2.05) is 91.1 Å². The molecular formula is C32H43F6N9O6S32. The van der Waals surface area contributed by atoms with Gasteiger partial charge in [0.1, 0.15) is 27.2 Å². The summed E-state index contributed by atoms with van der Waals surface area (Å²) in [6.07, 6.45) is -1.91. The number of aliphatic hydroxyl groups excluding tert-OH is 1. The van der Waals surface area contributed by atoms with E-state index in [4.69, 9.17) is 36.8 Å². The van der Waals surface area contributed by atoms with Gasteiger partial charge in [0.25, 0.3) is 10.1 Å². The number of thiophene rings is 2. The molecule has 85 heavy (non-hydrogen) atoms. The van der Waals surface area contributed by atoms with Crippen molar-refractivity contribution in [2.45, 2.75) is 88.2 Å². The first-order valence-electron chi connectivity index (χ1n) is 21.5. The lowest BCUT2D eigenvalue weighted by Crippen LogP contribution is -2.49. The van der Waals surface area contributed by atoms with Crippen LogP contribution in [-0.4, -0.2) is 85.5 Å². The van der Waals surface area contributed by atoms with E-state index in [1.165, 1.54) is 29.2 Å². The summed E-state index contributed by atoms with van der Waals surface area (Å²) in [5.41, 5.74) is 2.16. The Hall–Kier alpha value is 2.86. The molecule has 5 atom stereocenters. The topological polar surface area (TPSA) is 198 Å². The SMILES string of the molecule is CS(=O)(=O)O.C[C@H]1CC(=O)N[C@@H](c2cn(C)nn2)N1.C[C@H]1C[C@@]2(C[C@@H](c3cn(C)nn3)N1)OCCc1cc(C(F)(F)F)sc12.OCCc1csc(C(F)(F)F)c1.S=S=S.S=S=S=S=S=S=S=S=S=S=S=S=S=S=S=S=S=S=S=S=S=S=S=S=S=S. The number of fused-ring (bicyclic) bond motifs is 2. The Balaban J connectivity index is 0.000000384. The van der Waals surface area contributed by atoms with Gasteiger partial charge in [0.15, 0.2) is 0 Å². The number of alkyl halides is 6. The molecule has 0 radical (unpaired) electrons. The molecule has 0 aromatic carbocycles. The Bertz CT molecular complexity index is 4060. The lowest BCUT2D eigenvalue weighted by Gasteiger charge is -2.45. The van der Waals surface area contributed by atoms with Crippen molar-refractivity contribution in [3.8, 4) is 0 Å². The standard InChI is InChI=1S/C16H19F3N4OS.C8H13N5O.C7H7F3OS.CH4O3S.S26.S3/c1-9-6-15(7-11(20-9)12-8-23(2)22-21-12)14-10(3-4-24-15)5-13(25-14)16(17,18)19;1-5-3-7(14)10-8(9-5)6-4-13(2)12-11-6;8-7(9,10)6-3-5(1-2-11)4-12-6;1-5(2,3)4;1-3-5-7-9-11-13-15-17-19-21-23-25-26-24-22-20-18-16-14-12-10-8-6-4-2;1-3-2/h5,8-9,11,20H,3-4,6-7H2,1-2H3;4-5,8-9H,3H2,1-2H3,(H,10,14);3-4,11H,1-2H2;1H3,(H,2,3,4);;/t9-,11-,15-;5-,8-;;;;/m00..../s1. The van der Waals surface area contributed by atoms with E-state index in [9.17, 15) is 39.6 Å². The van der Waals surface area contributed by atoms with Crippen molar-refractivity contribution in [3.63, 3.8) is 0 Å². The van der Waals surface area contributed by atoms with E-state index in [2.05, 4.69) is 59.0 Å². The fourth-order valence-electron chi connectivity index (χ4n) is 6.52. The summed E-state index contributed by atoms with van der Waals surface area (Å²) in [6.45, 7) is 4.33. The molecule has 486 valence electrons. The molecule has 5 N–H and O–H groups in total. The second kappa shape index (κ2) is 47.7. The van der Waals surface area contributed by atoms with Gasteiger partial charge in [0, 0.05) is 323 Å². The first-order chi connectivity index (χ1) is 40.3. The van der Waals surface area contributed by atoms with Gasteiger partial charge in [-0.2, -0.15) is 34.8 Å². The van der Waals surface area contributed by atoms with E-state index in [0.717, 1.165) is 48.1 Å². The number of nitrogens with zero attached hydrogens (tertiary/aromatic N) is 6. The van der Waals surface area contributed by atoms with E-state index < -0.39 is 37.8 Å². The molecule has 1 spiro atoms. The summed E-state index contributed by atoms with van der Waals surface area (Å²) >= 11 is 19.3. The third kappa shape index (κ3) is 38.9. The van der Waals surface area contributed by atoms with Gasteiger partial charge in [-0.05, 0) is 61.7 Å². The van der Waals surface area contributed by atoms with Crippen LogP contribution < -0.4 is 16.0 Å². The highest BCUT2D eigenvalue weighted by Crippen LogP contribution is 2.51. The molecule has 7 rings (SSSR count). The molecular weight excluding hydrogens is 1750 g/mol. The zero-order chi connectivity index (χ0) is 63.3. The van der Waals surface area contributed by atoms with Gasteiger partial charge in [-0.25, -0.2) is 0 Å². The van der Waals surface area contributed by atoms with Crippen LogP contribution in [0.15, 0.2) is 29.9 Å². The number of amides is 1. The number of aromatic nitrogens is 6. The predicted octanol–water partition coefficient (Wildman–Crippen LogP) is 4.22. The van der Waals surface area contributed by atoms with Crippen molar-refractivity contribution < 1.29 is 54.0 Å². The predicted molar refractivity (Wildman–Crippen MR) is 407 cm³/mol. The molecule has 4 aromatic heterocycles. The van der Waals surface area contributed by atoms with Crippen LogP contribution in [0, 0.1) is 0 Å². The van der Waals surface area contributed by atoms with Crippen LogP contribution in [0.2, 0.25) is 0 Å². The van der Waals surface area contributed by atoms with Crippen LogP contribution in [0.4, 0.5) is 26.3 Å². The van der Waals surface area contributed by atoms with Crippen LogP contribution >= 0.6 is 22.7 Å². The Morgan fingerprint density at radius 2 is 1.14 bits per heavy atom. The number of ether oxygens (including phenoxy) is 1. The molecule has 4 aromatic rings. The fraction of sp³-hybridized carbons (Fsp3) is 0.594. The van der Waals surface area contributed by atoms with Crippen molar-refractivity contribution in [1.82, 2.24) is 45.9 Å². The van der Waals surface area contributed by atoms with Crippen LogP contribution in [-0.2, 0) is 331 Å². The maximum absolute atomic E-state index is 13.2. The molecule has 7 heterocycles. The van der Waals surface area contributed by atoms with Gasteiger partial charge in [0.2, 0.25) is 5.91 Å². The summed E-state index contributed by atoms with van der Waals surface area (Å²) in [4.78, 5) is 10.8. The summed E-state index contributed by atoms with van der Waals surface area (Å²) < 4.78 is 111. The molecule has 15 nitrogen and oxygen atoms in total. The molecule has 53 heteroatoms.